The third kappa shape index (κ3) is 3.13. The molecule has 1 saturated heterocycles. The van der Waals surface area contributed by atoms with Gasteiger partial charge in [0.1, 0.15) is 5.60 Å². The molecule has 1 heterocycles. The first-order valence-electron chi connectivity index (χ1n) is 9.12. The minimum Gasteiger partial charge on any atom is -0.444 e. The van der Waals surface area contributed by atoms with E-state index < -0.39 is 5.60 Å². The van der Waals surface area contributed by atoms with Crippen LogP contribution in [0.2, 0.25) is 0 Å². The van der Waals surface area contributed by atoms with Crippen molar-refractivity contribution in [3.05, 3.63) is 0 Å². The molecule has 1 aliphatic heterocycles. The number of nitrogens with zero attached hydrogens (tertiary/aromatic N) is 2. The maximum atomic E-state index is 13.1. The first kappa shape index (κ1) is 17.5. The lowest BCUT2D eigenvalue weighted by Gasteiger charge is -2.42. The Morgan fingerprint density at radius 2 is 1.75 bits per heavy atom. The third-order valence-electron chi connectivity index (χ3n) is 5.89. The zero-order chi connectivity index (χ0) is 17.8. The molecule has 0 spiro atoms. The van der Waals surface area contributed by atoms with Crippen molar-refractivity contribution in [3.63, 3.8) is 0 Å². The normalized spacial score (nSPS) is 36.1. The van der Waals surface area contributed by atoms with Gasteiger partial charge in [-0.25, -0.2) is 4.79 Å². The van der Waals surface area contributed by atoms with Gasteiger partial charge in [-0.2, -0.15) is 0 Å². The van der Waals surface area contributed by atoms with E-state index in [1.165, 1.54) is 0 Å². The van der Waals surface area contributed by atoms with Crippen LogP contribution in [0.4, 0.5) is 4.79 Å². The summed E-state index contributed by atoms with van der Waals surface area (Å²) in [5, 5.41) is 0. The molecule has 2 bridgehead atoms. The molecule has 24 heavy (non-hydrogen) atoms. The van der Waals surface area contributed by atoms with Gasteiger partial charge in [-0.1, -0.05) is 0 Å². The lowest BCUT2D eigenvalue weighted by Crippen LogP contribution is -2.58. The van der Waals surface area contributed by atoms with Crippen molar-refractivity contribution in [1.29, 1.82) is 0 Å². The highest BCUT2D eigenvalue weighted by molar-refractivity contribution is 5.84. The van der Waals surface area contributed by atoms with E-state index in [0.29, 0.717) is 19.6 Å². The fourth-order valence-corrected chi connectivity index (χ4v) is 4.61. The van der Waals surface area contributed by atoms with Gasteiger partial charge in [-0.05, 0) is 59.8 Å². The summed E-state index contributed by atoms with van der Waals surface area (Å²) in [7, 11) is 0. The molecule has 0 aromatic rings. The number of hydrogen-bond acceptors (Lipinski definition) is 4. The summed E-state index contributed by atoms with van der Waals surface area (Å²) >= 11 is 0. The number of carbonyl (C=O) groups is 2. The van der Waals surface area contributed by atoms with Gasteiger partial charge in [0.2, 0.25) is 5.91 Å². The molecule has 0 aromatic heterocycles. The number of rotatable bonds is 1. The molecule has 1 atom stereocenters. The van der Waals surface area contributed by atoms with Crippen molar-refractivity contribution in [2.45, 2.75) is 77.0 Å². The van der Waals surface area contributed by atoms with Gasteiger partial charge in [-0.3, -0.25) is 4.79 Å². The van der Waals surface area contributed by atoms with E-state index >= 15 is 0 Å². The van der Waals surface area contributed by atoms with Gasteiger partial charge < -0.3 is 20.3 Å². The summed E-state index contributed by atoms with van der Waals surface area (Å²) in [6.45, 7) is 9.29. The highest BCUT2D eigenvalue weighted by Gasteiger charge is 2.57. The van der Waals surface area contributed by atoms with Gasteiger partial charge in [-0.15, -0.1) is 0 Å². The maximum Gasteiger partial charge on any atom is 0.410 e. The van der Waals surface area contributed by atoms with Gasteiger partial charge >= 0.3 is 6.09 Å². The van der Waals surface area contributed by atoms with Crippen LogP contribution in [0.15, 0.2) is 0 Å². The second kappa shape index (κ2) is 5.61. The monoisotopic (exact) mass is 337 g/mol. The average Bonchev–Trinajstić information content (AvgIpc) is 2.99. The maximum absolute atomic E-state index is 13.1. The van der Waals surface area contributed by atoms with Crippen molar-refractivity contribution in [2.75, 3.05) is 19.6 Å². The summed E-state index contributed by atoms with van der Waals surface area (Å²) in [6, 6.07) is -0.0283. The summed E-state index contributed by atoms with van der Waals surface area (Å²) in [4.78, 5) is 29.1. The predicted molar refractivity (Wildman–Crippen MR) is 91.4 cm³/mol. The summed E-state index contributed by atoms with van der Waals surface area (Å²) in [5.74, 6) is 0.253. The van der Waals surface area contributed by atoms with Crippen LogP contribution in [0.25, 0.3) is 0 Å². The number of ether oxygens (including phenoxy) is 1. The van der Waals surface area contributed by atoms with Crippen LogP contribution in [0.3, 0.4) is 0 Å². The van der Waals surface area contributed by atoms with E-state index in [9.17, 15) is 9.59 Å². The molecule has 2 aliphatic carbocycles. The van der Waals surface area contributed by atoms with Crippen LogP contribution in [0, 0.1) is 5.41 Å². The Hall–Kier alpha value is -1.30. The van der Waals surface area contributed by atoms with Crippen LogP contribution in [0.1, 0.15) is 59.8 Å². The Bertz CT molecular complexity index is 532. The molecule has 2 N–H and O–H groups in total. The van der Waals surface area contributed by atoms with Crippen molar-refractivity contribution < 1.29 is 14.3 Å². The van der Waals surface area contributed by atoms with Crippen molar-refractivity contribution in [2.24, 2.45) is 11.1 Å². The van der Waals surface area contributed by atoms with E-state index in [2.05, 4.69) is 0 Å². The zero-order valence-corrected chi connectivity index (χ0v) is 15.4. The molecule has 6 nitrogen and oxygen atoms in total. The quantitative estimate of drug-likeness (QED) is 0.795. The van der Waals surface area contributed by atoms with Gasteiger partial charge in [0.25, 0.3) is 0 Å². The predicted octanol–water partition coefficient (Wildman–Crippen LogP) is 2.12. The highest BCUT2D eigenvalue weighted by atomic mass is 16.6. The fourth-order valence-electron chi connectivity index (χ4n) is 4.61. The van der Waals surface area contributed by atoms with Crippen LogP contribution < -0.4 is 5.73 Å². The molecular formula is C18H31N3O3. The lowest BCUT2D eigenvalue weighted by atomic mass is 9.82. The van der Waals surface area contributed by atoms with Crippen molar-refractivity contribution in [3.8, 4) is 0 Å². The minimum absolute atomic E-state index is 0.0283. The highest BCUT2D eigenvalue weighted by Crippen LogP contribution is 2.56. The number of amides is 2. The molecular weight excluding hydrogens is 306 g/mol. The molecule has 6 heteroatoms. The van der Waals surface area contributed by atoms with Crippen LogP contribution in [0.5, 0.6) is 0 Å². The zero-order valence-electron chi connectivity index (χ0n) is 15.4. The largest absolute Gasteiger partial charge is 0.444 e. The summed E-state index contributed by atoms with van der Waals surface area (Å²) < 4.78 is 5.47. The number of piperazine rings is 1. The SMILES string of the molecule is C[C@H]1CN(C(=O)C23CCC(N)(CC2)C3)CCN1C(=O)OC(C)(C)C. The van der Waals surface area contributed by atoms with Crippen molar-refractivity contribution in [1.82, 2.24) is 9.80 Å². The molecule has 2 saturated carbocycles. The van der Waals surface area contributed by atoms with Gasteiger partial charge in [0, 0.05) is 31.2 Å². The number of hydrogen-bond donors (Lipinski definition) is 1. The number of fused-ring (bicyclic) bond motifs is 2. The first-order valence-corrected chi connectivity index (χ1v) is 9.12. The molecule has 0 radical (unpaired) electrons. The molecule has 3 fully saturated rings. The standard InChI is InChI=1S/C18H31N3O3/c1-13-11-20(9-10-21(13)15(23)24-16(2,3)4)14(22)17-5-7-18(19,12-17)8-6-17/h13H,5-12,19H2,1-4H3/t13-,17?,18?/m0/s1. The second-order valence-corrected chi connectivity index (χ2v) is 9.09. The van der Waals surface area contributed by atoms with Crippen LogP contribution in [-0.4, -0.2) is 58.6 Å². The van der Waals surface area contributed by atoms with Crippen LogP contribution in [-0.2, 0) is 9.53 Å². The number of nitrogens with two attached hydrogens (primary N) is 1. The Kier molecular flexibility index (Phi) is 4.10. The summed E-state index contributed by atoms with van der Waals surface area (Å²) in [5.41, 5.74) is 5.52. The third-order valence-corrected chi connectivity index (χ3v) is 5.89. The fraction of sp³-hybridized carbons (Fsp3) is 0.889. The van der Waals surface area contributed by atoms with Gasteiger partial charge in [0.15, 0.2) is 0 Å². The minimum atomic E-state index is -0.499. The summed E-state index contributed by atoms with van der Waals surface area (Å²) in [6.07, 6.45) is 4.31. The Morgan fingerprint density at radius 3 is 2.21 bits per heavy atom. The lowest BCUT2D eigenvalue weighted by molar-refractivity contribution is -0.144. The number of carbonyl (C=O) groups excluding carboxylic acids is 2. The van der Waals surface area contributed by atoms with E-state index in [1.807, 2.05) is 32.6 Å². The van der Waals surface area contributed by atoms with Crippen molar-refractivity contribution >= 4 is 12.0 Å². The van der Waals surface area contributed by atoms with E-state index in [4.69, 9.17) is 10.5 Å². The topological polar surface area (TPSA) is 75.9 Å². The Morgan fingerprint density at radius 1 is 1.12 bits per heavy atom. The Balaban J connectivity index is 1.62. The van der Waals surface area contributed by atoms with E-state index in [0.717, 1.165) is 32.1 Å². The molecule has 2 amide bonds. The second-order valence-electron chi connectivity index (χ2n) is 9.09. The first-order chi connectivity index (χ1) is 11.0. The average molecular weight is 337 g/mol. The smallest absolute Gasteiger partial charge is 0.410 e. The van der Waals surface area contributed by atoms with E-state index in [-0.39, 0.29) is 29.0 Å². The van der Waals surface area contributed by atoms with Gasteiger partial charge in [0.05, 0.1) is 5.41 Å². The molecule has 0 unspecified atom stereocenters. The molecule has 136 valence electrons. The van der Waals surface area contributed by atoms with Crippen LogP contribution >= 0.6 is 0 Å². The molecule has 3 aliphatic rings. The molecule has 3 rings (SSSR count). The Labute approximate surface area is 144 Å². The van der Waals surface area contributed by atoms with E-state index in [1.54, 1.807) is 4.90 Å². The molecule has 0 aromatic carbocycles.